The van der Waals surface area contributed by atoms with Crippen molar-refractivity contribution in [2.24, 2.45) is 5.92 Å². The Kier molecular flexibility index (Phi) is 4.79. The smallest absolute Gasteiger partial charge is 0.0796 e. The van der Waals surface area contributed by atoms with Crippen LogP contribution in [0, 0.1) is 12.8 Å². The summed E-state index contributed by atoms with van der Waals surface area (Å²) in [5, 5.41) is 10.0. The summed E-state index contributed by atoms with van der Waals surface area (Å²) in [6.45, 7) is 4.81. The zero-order valence-corrected chi connectivity index (χ0v) is 9.73. The third-order valence-corrected chi connectivity index (χ3v) is 2.62. The molecule has 1 N–H and O–H groups in total. The fourth-order valence-electron chi connectivity index (χ4n) is 1.82. The van der Waals surface area contributed by atoms with Crippen molar-refractivity contribution in [3.05, 3.63) is 35.4 Å². The lowest BCUT2D eigenvalue weighted by molar-refractivity contribution is 0.101. The maximum atomic E-state index is 10.0. The minimum Gasteiger partial charge on any atom is -0.388 e. The number of aryl methyl sites for hydroxylation is 1. The summed E-state index contributed by atoms with van der Waals surface area (Å²) >= 11 is 0. The average Bonchev–Trinajstić information content (AvgIpc) is 2.18. The maximum absolute atomic E-state index is 10.0. The van der Waals surface area contributed by atoms with E-state index >= 15 is 0 Å². The molecule has 2 atom stereocenters. The van der Waals surface area contributed by atoms with Gasteiger partial charge < -0.3 is 9.84 Å². The number of hydrogen-bond donors (Lipinski definition) is 1. The second-order valence-corrected chi connectivity index (χ2v) is 4.17. The van der Waals surface area contributed by atoms with Crippen LogP contribution in [0.4, 0.5) is 0 Å². The first-order valence-corrected chi connectivity index (χ1v) is 5.37. The van der Waals surface area contributed by atoms with E-state index in [1.807, 2.05) is 31.2 Å². The van der Waals surface area contributed by atoms with Crippen LogP contribution in [0.1, 0.15) is 30.6 Å². The molecule has 84 valence electrons. The number of rotatable bonds is 5. The van der Waals surface area contributed by atoms with E-state index in [2.05, 4.69) is 6.92 Å². The summed E-state index contributed by atoms with van der Waals surface area (Å²) in [5.41, 5.74) is 2.18. The second-order valence-electron chi connectivity index (χ2n) is 4.17. The highest BCUT2D eigenvalue weighted by Crippen LogP contribution is 2.23. The molecule has 0 aromatic heterocycles. The van der Waals surface area contributed by atoms with Gasteiger partial charge in [-0.15, -0.1) is 0 Å². The molecule has 0 heterocycles. The predicted molar refractivity (Wildman–Crippen MR) is 61.8 cm³/mol. The molecule has 0 aliphatic rings. The molecule has 0 radical (unpaired) electrons. The summed E-state index contributed by atoms with van der Waals surface area (Å²) in [4.78, 5) is 0. The number of aliphatic hydroxyl groups excluding tert-OH is 1. The van der Waals surface area contributed by atoms with Crippen molar-refractivity contribution in [3.63, 3.8) is 0 Å². The standard InChI is InChI=1S/C13H20O2/c1-10(9-15-3)8-13(14)12-7-5-4-6-11(12)2/h4-7,10,13-14H,8-9H2,1-3H3. The molecular formula is C13H20O2. The molecule has 15 heavy (non-hydrogen) atoms. The van der Waals surface area contributed by atoms with Crippen LogP contribution in [-0.4, -0.2) is 18.8 Å². The van der Waals surface area contributed by atoms with Crippen molar-refractivity contribution in [1.82, 2.24) is 0 Å². The molecule has 0 spiro atoms. The van der Waals surface area contributed by atoms with E-state index in [4.69, 9.17) is 4.74 Å². The van der Waals surface area contributed by atoms with E-state index in [0.29, 0.717) is 12.5 Å². The highest BCUT2D eigenvalue weighted by Gasteiger charge is 2.13. The highest BCUT2D eigenvalue weighted by molar-refractivity contribution is 5.27. The van der Waals surface area contributed by atoms with Crippen molar-refractivity contribution in [1.29, 1.82) is 0 Å². The Morgan fingerprint density at radius 1 is 1.33 bits per heavy atom. The molecular weight excluding hydrogens is 188 g/mol. The van der Waals surface area contributed by atoms with Gasteiger partial charge in [0.05, 0.1) is 6.10 Å². The highest BCUT2D eigenvalue weighted by atomic mass is 16.5. The van der Waals surface area contributed by atoms with E-state index in [0.717, 1.165) is 17.5 Å². The summed E-state index contributed by atoms with van der Waals surface area (Å²) < 4.78 is 5.06. The monoisotopic (exact) mass is 208 g/mol. The normalized spacial score (nSPS) is 14.9. The molecule has 0 fully saturated rings. The molecule has 0 amide bonds. The number of ether oxygens (including phenoxy) is 1. The fraction of sp³-hybridized carbons (Fsp3) is 0.538. The molecule has 2 heteroatoms. The van der Waals surface area contributed by atoms with Gasteiger partial charge in [0.25, 0.3) is 0 Å². The van der Waals surface area contributed by atoms with Crippen LogP contribution in [0.2, 0.25) is 0 Å². The molecule has 0 aliphatic heterocycles. The minimum atomic E-state index is -0.378. The first-order chi connectivity index (χ1) is 7.15. The number of benzene rings is 1. The second kappa shape index (κ2) is 5.89. The van der Waals surface area contributed by atoms with E-state index in [1.165, 1.54) is 0 Å². The lowest BCUT2D eigenvalue weighted by Crippen LogP contribution is -2.10. The first-order valence-electron chi connectivity index (χ1n) is 5.37. The van der Waals surface area contributed by atoms with Crippen LogP contribution in [-0.2, 0) is 4.74 Å². The van der Waals surface area contributed by atoms with E-state index in [9.17, 15) is 5.11 Å². The molecule has 0 saturated heterocycles. The Morgan fingerprint density at radius 3 is 2.60 bits per heavy atom. The third-order valence-electron chi connectivity index (χ3n) is 2.62. The number of hydrogen-bond acceptors (Lipinski definition) is 2. The fourth-order valence-corrected chi connectivity index (χ4v) is 1.82. The van der Waals surface area contributed by atoms with Gasteiger partial charge in [-0.2, -0.15) is 0 Å². The van der Waals surface area contributed by atoms with Gasteiger partial charge in [0.2, 0.25) is 0 Å². The van der Waals surface area contributed by atoms with Crippen LogP contribution in [0.25, 0.3) is 0 Å². The first kappa shape index (κ1) is 12.2. The zero-order chi connectivity index (χ0) is 11.3. The Bertz CT molecular complexity index is 296. The summed E-state index contributed by atoms with van der Waals surface area (Å²) in [6.07, 6.45) is 0.370. The van der Waals surface area contributed by atoms with Gasteiger partial charge in [-0.05, 0) is 30.4 Å². The van der Waals surface area contributed by atoms with Crippen molar-refractivity contribution < 1.29 is 9.84 Å². The van der Waals surface area contributed by atoms with Crippen LogP contribution < -0.4 is 0 Å². The maximum Gasteiger partial charge on any atom is 0.0796 e. The molecule has 1 aromatic carbocycles. The largest absolute Gasteiger partial charge is 0.388 e. The predicted octanol–water partition coefficient (Wildman–Crippen LogP) is 2.70. The molecule has 1 aromatic rings. The zero-order valence-electron chi connectivity index (χ0n) is 9.73. The van der Waals surface area contributed by atoms with Crippen molar-refractivity contribution >= 4 is 0 Å². The minimum absolute atomic E-state index is 0.378. The van der Waals surface area contributed by atoms with Gasteiger partial charge in [0, 0.05) is 13.7 Å². The van der Waals surface area contributed by atoms with Gasteiger partial charge in [-0.25, -0.2) is 0 Å². The van der Waals surface area contributed by atoms with Crippen molar-refractivity contribution in [3.8, 4) is 0 Å². The van der Waals surface area contributed by atoms with Crippen molar-refractivity contribution in [2.75, 3.05) is 13.7 Å². The van der Waals surface area contributed by atoms with Crippen molar-refractivity contribution in [2.45, 2.75) is 26.4 Å². The van der Waals surface area contributed by atoms with Crippen LogP contribution in [0.15, 0.2) is 24.3 Å². The van der Waals surface area contributed by atoms with E-state index < -0.39 is 0 Å². The SMILES string of the molecule is COCC(C)CC(O)c1ccccc1C. The Labute approximate surface area is 91.9 Å². The summed E-state index contributed by atoms with van der Waals surface area (Å²) in [6, 6.07) is 7.97. The lowest BCUT2D eigenvalue weighted by Gasteiger charge is -2.17. The Hall–Kier alpha value is -0.860. The van der Waals surface area contributed by atoms with E-state index in [-0.39, 0.29) is 6.10 Å². The van der Waals surface area contributed by atoms with Gasteiger partial charge in [0.15, 0.2) is 0 Å². The molecule has 2 unspecified atom stereocenters. The van der Waals surface area contributed by atoms with Crippen LogP contribution >= 0.6 is 0 Å². The van der Waals surface area contributed by atoms with Gasteiger partial charge in [-0.3, -0.25) is 0 Å². The van der Waals surface area contributed by atoms with Crippen LogP contribution in [0.5, 0.6) is 0 Å². The van der Waals surface area contributed by atoms with Gasteiger partial charge in [-0.1, -0.05) is 31.2 Å². The quantitative estimate of drug-likeness (QED) is 0.806. The summed E-state index contributed by atoms with van der Waals surface area (Å²) in [7, 11) is 1.69. The van der Waals surface area contributed by atoms with Gasteiger partial charge in [0.1, 0.15) is 0 Å². The molecule has 0 aliphatic carbocycles. The Morgan fingerprint density at radius 2 is 2.00 bits per heavy atom. The van der Waals surface area contributed by atoms with E-state index in [1.54, 1.807) is 7.11 Å². The third kappa shape index (κ3) is 3.65. The average molecular weight is 208 g/mol. The topological polar surface area (TPSA) is 29.5 Å². The number of methoxy groups -OCH3 is 1. The Balaban J connectivity index is 2.61. The summed E-state index contributed by atoms with van der Waals surface area (Å²) in [5.74, 6) is 0.379. The van der Waals surface area contributed by atoms with Crippen LogP contribution in [0.3, 0.4) is 0 Å². The number of aliphatic hydroxyl groups is 1. The molecule has 2 nitrogen and oxygen atoms in total. The molecule has 0 bridgehead atoms. The molecule has 0 saturated carbocycles. The molecule has 1 rings (SSSR count). The van der Waals surface area contributed by atoms with Gasteiger partial charge >= 0.3 is 0 Å². The lowest BCUT2D eigenvalue weighted by atomic mass is 9.96.